The number of thiazole rings is 1. The first-order valence-electron chi connectivity index (χ1n) is 8.41. The molecule has 8 heteroatoms. The van der Waals surface area contributed by atoms with Crippen LogP contribution in [-0.2, 0) is 23.9 Å². The Balaban J connectivity index is 1.68. The van der Waals surface area contributed by atoms with Gasteiger partial charge in [0, 0.05) is 16.1 Å². The maximum Gasteiger partial charge on any atom is 0.416 e. The maximum atomic E-state index is 12.7. The second-order valence-electron chi connectivity index (χ2n) is 6.22. The van der Waals surface area contributed by atoms with Crippen LogP contribution >= 0.6 is 11.3 Å². The number of anilines is 1. The molecule has 2 aromatic carbocycles. The molecule has 3 aromatic rings. The summed E-state index contributed by atoms with van der Waals surface area (Å²) in [4.78, 5) is 16.2. The maximum absolute atomic E-state index is 12.7. The molecule has 0 radical (unpaired) electrons. The standard InChI is InChI=1S/C20H17F3N2O2S/c1-12-17(11-24-16-8-2-13(3-9-16)10-18(26)27)28-19(25-12)14-4-6-15(7-5-14)20(21,22)23/h2-9,24H,10-11H2,1H3,(H,26,27). The number of aromatic nitrogens is 1. The molecule has 0 bridgehead atoms. The molecule has 0 saturated carbocycles. The number of carboxylic acids is 1. The number of nitrogens with one attached hydrogen (secondary N) is 1. The fourth-order valence-corrected chi connectivity index (χ4v) is 3.62. The Bertz CT molecular complexity index is 965. The molecule has 0 unspecified atom stereocenters. The Labute approximate surface area is 163 Å². The Kier molecular flexibility index (Phi) is 5.69. The summed E-state index contributed by atoms with van der Waals surface area (Å²) < 4.78 is 38.1. The normalized spacial score (nSPS) is 11.4. The summed E-state index contributed by atoms with van der Waals surface area (Å²) in [6.45, 7) is 2.37. The molecular formula is C20H17F3N2O2S. The lowest BCUT2D eigenvalue weighted by Crippen LogP contribution is -2.03. The van der Waals surface area contributed by atoms with Crippen molar-refractivity contribution >= 4 is 23.0 Å². The number of hydrogen-bond acceptors (Lipinski definition) is 4. The highest BCUT2D eigenvalue weighted by Gasteiger charge is 2.30. The van der Waals surface area contributed by atoms with Crippen molar-refractivity contribution in [2.45, 2.75) is 26.1 Å². The van der Waals surface area contributed by atoms with Gasteiger partial charge in [-0.3, -0.25) is 4.79 Å². The minimum atomic E-state index is -4.35. The van der Waals surface area contributed by atoms with Gasteiger partial charge in [0.1, 0.15) is 5.01 Å². The summed E-state index contributed by atoms with van der Waals surface area (Å²) in [5.41, 5.74) is 2.34. The van der Waals surface area contributed by atoms with Crippen LogP contribution < -0.4 is 5.32 Å². The third-order valence-corrected chi connectivity index (χ3v) is 5.32. The van der Waals surface area contributed by atoms with Gasteiger partial charge in [-0.1, -0.05) is 24.3 Å². The van der Waals surface area contributed by atoms with Gasteiger partial charge in [-0.15, -0.1) is 11.3 Å². The van der Waals surface area contributed by atoms with Crippen LogP contribution in [0.5, 0.6) is 0 Å². The van der Waals surface area contributed by atoms with E-state index in [2.05, 4.69) is 10.3 Å². The molecule has 0 atom stereocenters. The highest BCUT2D eigenvalue weighted by atomic mass is 32.1. The van der Waals surface area contributed by atoms with Crippen LogP contribution in [0.1, 0.15) is 21.7 Å². The van der Waals surface area contributed by atoms with Gasteiger partial charge in [-0.2, -0.15) is 13.2 Å². The van der Waals surface area contributed by atoms with Crippen molar-refractivity contribution in [3.8, 4) is 10.6 Å². The van der Waals surface area contributed by atoms with Gasteiger partial charge in [0.15, 0.2) is 0 Å². The largest absolute Gasteiger partial charge is 0.481 e. The molecule has 2 N–H and O–H groups in total. The van der Waals surface area contributed by atoms with E-state index in [4.69, 9.17) is 5.11 Å². The lowest BCUT2D eigenvalue weighted by Gasteiger charge is -2.06. The van der Waals surface area contributed by atoms with Gasteiger partial charge in [-0.25, -0.2) is 4.98 Å². The van der Waals surface area contributed by atoms with Crippen molar-refractivity contribution in [1.29, 1.82) is 0 Å². The molecule has 3 rings (SSSR count). The first-order chi connectivity index (χ1) is 13.2. The van der Waals surface area contributed by atoms with E-state index in [1.54, 1.807) is 12.1 Å². The van der Waals surface area contributed by atoms with Crippen molar-refractivity contribution in [2.24, 2.45) is 0 Å². The number of rotatable bonds is 6. The van der Waals surface area contributed by atoms with Crippen molar-refractivity contribution < 1.29 is 23.1 Å². The second kappa shape index (κ2) is 8.02. The first kappa shape index (κ1) is 19.9. The Morgan fingerprint density at radius 3 is 2.32 bits per heavy atom. The van der Waals surface area contributed by atoms with Crippen molar-refractivity contribution in [3.63, 3.8) is 0 Å². The van der Waals surface area contributed by atoms with Crippen LogP contribution in [0, 0.1) is 6.92 Å². The predicted octanol–water partition coefficient (Wildman–Crippen LogP) is 5.38. The molecule has 0 amide bonds. The van der Waals surface area contributed by atoms with Crippen LogP contribution in [0.4, 0.5) is 18.9 Å². The zero-order chi connectivity index (χ0) is 20.3. The lowest BCUT2D eigenvalue weighted by molar-refractivity contribution is -0.138. The molecule has 0 aliphatic heterocycles. The molecule has 0 spiro atoms. The number of alkyl halides is 3. The highest BCUT2D eigenvalue weighted by Crippen LogP contribution is 2.33. The summed E-state index contributed by atoms with van der Waals surface area (Å²) in [7, 11) is 0. The fourth-order valence-electron chi connectivity index (χ4n) is 2.61. The molecule has 0 fully saturated rings. The van der Waals surface area contributed by atoms with Crippen LogP contribution in [0.3, 0.4) is 0 Å². The number of aliphatic carboxylic acids is 1. The smallest absolute Gasteiger partial charge is 0.416 e. The van der Waals surface area contributed by atoms with E-state index in [9.17, 15) is 18.0 Å². The lowest BCUT2D eigenvalue weighted by atomic mass is 10.1. The van der Waals surface area contributed by atoms with E-state index >= 15 is 0 Å². The number of aryl methyl sites for hydroxylation is 1. The number of carboxylic acid groups (broad SMARTS) is 1. The SMILES string of the molecule is Cc1nc(-c2ccc(C(F)(F)F)cc2)sc1CNc1ccc(CC(=O)O)cc1. The molecule has 0 saturated heterocycles. The highest BCUT2D eigenvalue weighted by molar-refractivity contribution is 7.15. The van der Waals surface area contributed by atoms with Gasteiger partial charge >= 0.3 is 12.1 Å². The molecule has 28 heavy (non-hydrogen) atoms. The Morgan fingerprint density at radius 2 is 1.75 bits per heavy atom. The average Bonchev–Trinajstić information content (AvgIpc) is 3.01. The van der Waals surface area contributed by atoms with Gasteiger partial charge in [0.05, 0.1) is 24.2 Å². The molecule has 4 nitrogen and oxygen atoms in total. The van der Waals surface area contributed by atoms with Crippen LogP contribution in [0.2, 0.25) is 0 Å². The minimum Gasteiger partial charge on any atom is -0.481 e. The molecule has 146 valence electrons. The summed E-state index contributed by atoms with van der Waals surface area (Å²) in [5, 5.41) is 12.7. The number of halogens is 3. The zero-order valence-corrected chi connectivity index (χ0v) is 15.7. The minimum absolute atomic E-state index is 0.0231. The van der Waals surface area contributed by atoms with Crippen molar-refractivity contribution in [2.75, 3.05) is 5.32 Å². The van der Waals surface area contributed by atoms with E-state index in [-0.39, 0.29) is 6.42 Å². The van der Waals surface area contributed by atoms with Crippen LogP contribution in [-0.4, -0.2) is 16.1 Å². The molecule has 0 aliphatic carbocycles. The van der Waals surface area contributed by atoms with Crippen molar-refractivity contribution in [3.05, 3.63) is 70.2 Å². The fraction of sp³-hybridized carbons (Fsp3) is 0.200. The number of carbonyl (C=O) groups is 1. The summed E-state index contributed by atoms with van der Waals surface area (Å²) in [6.07, 6.45) is -4.38. The quantitative estimate of drug-likeness (QED) is 0.577. The average molecular weight is 406 g/mol. The second-order valence-corrected chi connectivity index (χ2v) is 7.31. The van der Waals surface area contributed by atoms with Gasteiger partial charge < -0.3 is 10.4 Å². The molecule has 1 aromatic heterocycles. The zero-order valence-electron chi connectivity index (χ0n) is 14.9. The summed E-state index contributed by atoms with van der Waals surface area (Å²) in [5.74, 6) is -0.878. The third-order valence-electron chi connectivity index (χ3n) is 4.11. The number of hydrogen-bond donors (Lipinski definition) is 2. The molecule has 1 heterocycles. The van der Waals surface area contributed by atoms with E-state index < -0.39 is 17.7 Å². The van der Waals surface area contributed by atoms with E-state index in [1.165, 1.54) is 23.5 Å². The Morgan fingerprint density at radius 1 is 1.11 bits per heavy atom. The van der Waals surface area contributed by atoms with E-state index in [0.717, 1.165) is 34.0 Å². The third kappa shape index (κ3) is 4.89. The van der Waals surface area contributed by atoms with Gasteiger partial charge in [-0.05, 0) is 36.8 Å². The number of benzene rings is 2. The van der Waals surface area contributed by atoms with E-state index in [1.807, 2.05) is 19.1 Å². The van der Waals surface area contributed by atoms with Crippen LogP contribution in [0.15, 0.2) is 48.5 Å². The first-order valence-corrected chi connectivity index (χ1v) is 9.22. The number of nitrogens with zero attached hydrogens (tertiary/aromatic N) is 1. The van der Waals surface area contributed by atoms with Gasteiger partial charge in [0.25, 0.3) is 0 Å². The Hall–Kier alpha value is -2.87. The molecular weight excluding hydrogens is 389 g/mol. The summed E-state index contributed by atoms with van der Waals surface area (Å²) in [6, 6.07) is 12.1. The van der Waals surface area contributed by atoms with Gasteiger partial charge in [0.2, 0.25) is 0 Å². The van der Waals surface area contributed by atoms with Crippen molar-refractivity contribution in [1.82, 2.24) is 4.98 Å². The van der Waals surface area contributed by atoms with Crippen LogP contribution in [0.25, 0.3) is 10.6 Å². The summed E-state index contributed by atoms with van der Waals surface area (Å²) >= 11 is 1.42. The van der Waals surface area contributed by atoms with E-state index in [0.29, 0.717) is 17.1 Å². The predicted molar refractivity (Wildman–Crippen MR) is 102 cm³/mol. The molecule has 0 aliphatic rings. The topological polar surface area (TPSA) is 62.2 Å². The monoisotopic (exact) mass is 406 g/mol.